The molecule has 0 aromatic heterocycles. The number of nitrogens with one attached hydrogen (secondary N) is 1. The molecule has 0 bridgehead atoms. The van der Waals surface area contributed by atoms with Crippen molar-refractivity contribution in [1.82, 2.24) is 4.90 Å². The summed E-state index contributed by atoms with van der Waals surface area (Å²) in [5.41, 5.74) is 1.25. The van der Waals surface area contributed by atoms with Crippen molar-refractivity contribution < 1.29 is 17.4 Å². The molecule has 2 amide bonds. The third-order valence-electron chi connectivity index (χ3n) is 3.55. The number of carbonyl (C=O) groups is 1. The molecule has 27 heavy (non-hydrogen) atoms. The Morgan fingerprint density at radius 2 is 1.85 bits per heavy atom. The molecule has 2 rings (SSSR count). The van der Waals surface area contributed by atoms with E-state index in [1.807, 2.05) is 13.8 Å². The molecule has 9 heteroatoms. The van der Waals surface area contributed by atoms with Gasteiger partial charge in [-0.2, -0.15) is 8.42 Å². The lowest BCUT2D eigenvalue weighted by atomic mass is 10.2. The Bertz CT molecular complexity index is 933. The van der Waals surface area contributed by atoms with Crippen molar-refractivity contribution in [3.05, 3.63) is 58.1 Å². The van der Waals surface area contributed by atoms with Crippen LogP contribution in [-0.4, -0.2) is 31.6 Å². The Morgan fingerprint density at radius 3 is 2.44 bits per heavy atom. The highest BCUT2D eigenvalue weighted by Crippen LogP contribution is 2.25. The Labute approximate surface area is 169 Å². The Morgan fingerprint density at radius 1 is 1.15 bits per heavy atom. The van der Waals surface area contributed by atoms with Gasteiger partial charge in [-0.1, -0.05) is 35.3 Å². The zero-order valence-electron chi connectivity index (χ0n) is 15.1. The van der Waals surface area contributed by atoms with Crippen molar-refractivity contribution in [2.45, 2.75) is 26.4 Å². The van der Waals surface area contributed by atoms with Crippen LogP contribution in [0.1, 0.15) is 19.4 Å². The van der Waals surface area contributed by atoms with E-state index in [2.05, 4.69) is 5.32 Å². The van der Waals surface area contributed by atoms with Gasteiger partial charge in [-0.25, -0.2) is 4.79 Å². The first-order valence-electron chi connectivity index (χ1n) is 8.06. The summed E-state index contributed by atoms with van der Waals surface area (Å²) in [5.74, 6) is 0.198. The summed E-state index contributed by atoms with van der Waals surface area (Å²) in [6.45, 7) is 4.03. The number of carbonyl (C=O) groups excluding carboxylic acids is 1. The average Bonchev–Trinajstić information content (AvgIpc) is 2.54. The summed E-state index contributed by atoms with van der Waals surface area (Å²) in [6, 6.07) is 11.0. The molecule has 0 aliphatic carbocycles. The lowest BCUT2D eigenvalue weighted by molar-refractivity contribution is 0.193. The van der Waals surface area contributed by atoms with Crippen molar-refractivity contribution in [2.24, 2.45) is 0 Å². The number of halogens is 2. The number of amides is 2. The highest BCUT2D eigenvalue weighted by atomic mass is 35.5. The maximum Gasteiger partial charge on any atom is 0.322 e. The van der Waals surface area contributed by atoms with Crippen LogP contribution in [0.3, 0.4) is 0 Å². The molecule has 146 valence electrons. The number of nitrogens with zero attached hydrogens (tertiary/aromatic N) is 1. The summed E-state index contributed by atoms with van der Waals surface area (Å²) >= 11 is 11.9. The summed E-state index contributed by atoms with van der Waals surface area (Å²) < 4.78 is 27.5. The predicted octanol–water partition coefficient (Wildman–Crippen LogP) is 4.77. The van der Waals surface area contributed by atoms with Crippen molar-refractivity contribution >= 4 is 45.0 Å². The van der Waals surface area contributed by atoms with Gasteiger partial charge >= 0.3 is 16.1 Å². The Hall–Kier alpha value is -1.96. The van der Waals surface area contributed by atoms with Crippen LogP contribution < -0.4 is 9.50 Å². The maximum atomic E-state index is 12.7. The topological polar surface area (TPSA) is 75.7 Å². The van der Waals surface area contributed by atoms with E-state index in [9.17, 15) is 13.2 Å². The summed E-state index contributed by atoms with van der Waals surface area (Å²) in [7, 11) is -3.62. The van der Waals surface area contributed by atoms with Crippen LogP contribution in [0, 0.1) is 0 Å². The van der Waals surface area contributed by atoms with E-state index in [1.165, 1.54) is 0 Å². The van der Waals surface area contributed by atoms with Gasteiger partial charge < -0.3 is 14.4 Å². The van der Waals surface area contributed by atoms with E-state index in [0.717, 1.165) is 11.8 Å². The van der Waals surface area contributed by atoms with Gasteiger partial charge in [0.05, 0.1) is 16.3 Å². The molecular formula is C18H20Cl2N2O4S. The minimum atomic E-state index is -3.62. The Balaban J connectivity index is 2.16. The minimum absolute atomic E-state index is 0.104. The van der Waals surface area contributed by atoms with E-state index >= 15 is 0 Å². The minimum Gasteiger partial charge on any atom is -0.383 e. The molecule has 0 radical (unpaired) electrons. The van der Waals surface area contributed by atoms with Gasteiger partial charge in [0.2, 0.25) is 0 Å². The van der Waals surface area contributed by atoms with E-state index < -0.39 is 10.1 Å². The Kier molecular flexibility index (Phi) is 6.97. The first kappa shape index (κ1) is 21.3. The molecule has 1 N–H and O–H groups in total. The van der Waals surface area contributed by atoms with Crippen LogP contribution in [0.4, 0.5) is 10.5 Å². The fourth-order valence-electron chi connectivity index (χ4n) is 2.33. The number of hydrogen-bond acceptors (Lipinski definition) is 4. The van der Waals surface area contributed by atoms with Crippen molar-refractivity contribution in [3.63, 3.8) is 0 Å². The SMILES string of the molecule is CC(C)N(Cc1cccc(OS(C)(=O)=O)c1)C(=O)Nc1ccc(Cl)c(Cl)c1. The van der Waals surface area contributed by atoms with Gasteiger partial charge in [-0.3, -0.25) is 0 Å². The van der Waals surface area contributed by atoms with Gasteiger partial charge in [0.25, 0.3) is 0 Å². The number of urea groups is 1. The van der Waals surface area contributed by atoms with Gasteiger partial charge in [0, 0.05) is 18.3 Å². The van der Waals surface area contributed by atoms with E-state index in [0.29, 0.717) is 15.7 Å². The zero-order chi connectivity index (χ0) is 20.2. The maximum absolute atomic E-state index is 12.7. The van der Waals surface area contributed by atoms with Crippen molar-refractivity contribution in [2.75, 3.05) is 11.6 Å². The molecule has 2 aromatic rings. The second-order valence-corrected chi connectivity index (χ2v) is 8.60. The number of benzene rings is 2. The number of anilines is 1. The molecule has 0 spiro atoms. The van der Waals surface area contributed by atoms with Crippen LogP contribution in [0.2, 0.25) is 10.0 Å². The monoisotopic (exact) mass is 430 g/mol. The normalized spacial score (nSPS) is 11.3. The van der Waals surface area contributed by atoms with Crippen LogP contribution >= 0.6 is 23.2 Å². The molecule has 0 aliphatic rings. The van der Waals surface area contributed by atoms with Crippen LogP contribution in [0.25, 0.3) is 0 Å². The van der Waals surface area contributed by atoms with Crippen LogP contribution in [0.5, 0.6) is 5.75 Å². The molecule has 0 fully saturated rings. The molecule has 0 heterocycles. The first-order valence-corrected chi connectivity index (χ1v) is 10.6. The van der Waals surface area contributed by atoms with Gasteiger partial charge in [-0.05, 0) is 49.7 Å². The molecule has 6 nitrogen and oxygen atoms in total. The molecule has 0 unspecified atom stereocenters. The summed E-state index contributed by atoms with van der Waals surface area (Å²) in [5, 5.41) is 3.53. The number of hydrogen-bond donors (Lipinski definition) is 1. The van der Waals surface area contributed by atoms with Crippen molar-refractivity contribution in [3.8, 4) is 5.75 Å². The van der Waals surface area contributed by atoms with Crippen LogP contribution in [0.15, 0.2) is 42.5 Å². The van der Waals surface area contributed by atoms with Gasteiger partial charge in [0.1, 0.15) is 5.75 Å². The third kappa shape index (κ3) is 6.61. The van der Waals surface area contributed by atoms with E-state index in [4.69, 9.17) is 27.4 Å². The molecule has 0 atom stereocenters. The molecule has 0 saturated heterocycles. The summed E-state index contributed by atoms with van der Waals surface area (Å²) in [6.07, 6.45) is 0.977. The van der Waals surface area contributed by atoms with Crippen LogP contribution in [-0.2, 0) is 16.7 Å². The third-order valence-corrected chi connectivity index (χ3v) is 4.79. The highest BCUT2D eigenvalue weighted by molar-refractivity contribution is 7.86. The lowest BCUT2D eigenvalue weighted by Gasteiger charge is -2.27. The van der Waals surface area contributed by atoms with E-state index in [-0.39, 0.29) is 24.4 Å². The largest absolute Gasteiger partial charge is 0.383 e. The predicted molar refractivity (Wildman–Crippen MR) is 108 cm³/mol. The smallest absolute Gasteiger partial charge is 0.322 e. The fourth-order valence-corrected chi connectivity index (χ4v) is 3.08. The van der Waals surface area contributed by atoms with Gasteiger partial charge in [-0.15, -0.1) is 0 Å². The lowest BCUT2D eigenvalue weighted by Crippen LogP contribution is -2.39. The summed E-state index contributed by atoms with van der Waals surface area (Å²) in [4.78, 5) is 14.3. The standard InChI is InChI=1S/C18H20Cl2N2O4S/c1-12(2)22(18(23)21-14-7-8-16(19)17(20)10-14)11-13-5-4-6-15(9-13)26-27(3,24)25/h4-10,12H,11H2,1-3H3,(H,21,23). The van der Waals surface area contributed by atoms with E-state index in [1.54, 1.807) is 47.4 Å². The fraction of sp³-hybridized carbons (Fsp3) is 0.278. The second kappa shape index (κ2) is 8.82. The number of rotatable bonds is 6. The quantitative estimate of drug-likeness (QED) is 0.669. The molecule has 0 aliphatic heterocycles. The van der Waals surface area contributed by atoms with Crippen molar-refractivity contribution in [1.29, 1.82) is 0 Å². The zero-order valence-corrected chi connectivity index (χ0v) is 17.4. The first-order chi connectivity index (χ1) is 12.5. The molecule has 0 saturated carbocycles. The highest BCUT2D eigenvalue weighted by Gasteiger charge is 2.18. The molecular weight excluding hydrogens is 411 g/mol. The second-order valence-electron chi connectivity index (χ2n) is 6.22. The molecule has 2 aromatic carbocycles. The van der Waals surface area contributed by atoms with Gasteiger partial charge in [0.15, 0.2) is 0 Å². The average molecular weight is 431 g/mol.